The number of nitrogens with two attached hydrogens (primary N) is 1. The predicted octanol–water partition coefficient (Wildman–Crippen LogP) is 2.85. The van der Waals surface area contributed by atoms with E-state index in [1.807, 2.05) is 23.9 Å². The molecule has 0 atom stereocenters. The Morgan fingerprint density at radius 2 is 2.19 bits per heavy atom. The number of hydrogen-bond acceptors (Lipinski definition) is 4. The van der Waals surface area contributed by atoms with Crippen LogP contribution in [0.4, 0.5) is 0 Å². The summed E-state index contributed by atoms with van der Waals surface area (Å²) in [5, 5.41) is 3.11. The summed E-state index contributed by atoms with van der Waals surface area (Å²) in [6.07, 6.45) is 8.43. The molecule has 1 amide bonds. The van der Waals surface area contributed by atoms with Gasteiger partial charge in [0.05, 0.1) is 16.3 Å². The van der Waals surface area contributed by atoms with Crippen LogP contribution in [0.25, 0.3) is 0 Å². The van der Waals surface area contributed by atoms with Gasteiger partial charge in [0.1, 0.15) is 0 Å². The molecule has 1 aromatic heterocycles. The summed E-state index contributed by atoms with van der Waals surface area (Å²) in [4.78, 5) is 13.9. The van der Waals surface area contributed by atoms with Crippen molar-refractivity contribution in [1.82, 2.24) is 5.32 Å². The smallest absolute Gasteiger partial charge is 0.261 e. The van der Waals surface area contributed by atoms with Crippen molar-refractivity contribution in [3.63, 3.8) is 0 Å². The first-order chi connectivity index (χ1) is 10.2. The summed E-state index contributed by atoms with van der Waals surface area (Å²) in [6.45, 7) is 1.10. The molecule has 3 nitrogen and oxygen atoms in total. The zero-order valence-electron chi connectivity index (χ0n) is 12.4. The Morgan fingerprint density at radius 3 is 2.86 bits per heavy atom. The van der Waals surface area contributed by atoms with Gasteiger partial charge in [0.2, 0.25) is 0 Å². The molecular weight excluding hydrogens is 300 g/mol. The van der Waals surface area contributed by atoms with Gasteiger partial charge in [-0.2, -0.15) is 11.8 Å². The minimum Gasteiger partial charge on any atom is -0.350 e. The molecule has 1 aromatic rings. The van der Waals surface area contributed by atoms with Crippen molar-refractivity contribution in [2.75, 3.05) is 19.3 Å². The highest BCUT2D eigenvalue weighted by Gasteiger charge is 2.31. The van der Waals surface area contributed by atoms with Gasteiger partial charge in [-0.25, -0.2) is 0 Å². The molecule has 1 heterocycles. The lowest BCUT2D eigenvalue weighted by atomic mass is 9.88. The number of hydrogen-bond donors (Lipinski definition) is 2. The van der Waals surface area contributed by atoms with Gasteiger partial charge in [-0.15, -0.1) is 11.3 Å². The summed E-state index contributed by atoms with van der Waals surface area (Å²) in [5.41, 5.74) is 5.35. The number of amides is 1. The monoisotopic (exact) mass is 322 g/mol. The van der Waals surface area contributed by atoms with Gasteiger partial charge in [0.15, 0.2) is 0 Å². The molecule has 0 radical (unpaired) electrons. The van der Waals surface area contributed by atoms with Crippen LogP contribution >= 0.6 is 23.1 Å². The fraction of sp³-hybridized carbons (Fsp3) is 0.562. The number of thioether (sulfide) groups is 1. The third-order valence-electron chi connectivity index (χ3n) is 3.91. The third kappa shape index (κ3) is 4.50. The Bertz CT molecular complexity index is 536. The quantitative estimate of drug-likeness (QED) is 0.838. The van der Waals surface area contributed by atoms with E-state index < -0.39 is 0 Å². The summed E-state index contributed by atoms with van der Waals surface area (Å²) >= 11 is 3.33. The molecule has 114 valence electrons. The van der Waals surface area contributed by atoms with Crippen molar-refractivity contribution in [1.29, 1.82) is 0 Å². The first-order valence-corrected chi connectivity index (χ1v) is 9.35. The molecule has 1 fully saturated rings. The maximum atomic E-state index is 12.2. The van der Waals surface area contributed by atoms with E-state index in [4.69, 9.17) is 5.73 Å². The number of rotatable bonds is 4. The maximum Gasteiger partial charge on any atom is 0.261 e. The van der Waals surface area contributed by atoms with Crippen molar-refractivity contribution in [3.8, 4) is 11.8 Å². The Balaban J connectivity index is 1.93. The van der Waals surface area contributed by atoms with Crippen LogP contribution in [0.1, 0.15) is 46.7 Å². The van der Waals surface area contributed by atoms with Crippen LogP contribution in [0.3, 0.4) is 0 Å². The molecule has 0 spiro atoms. The van der Waals surface area contributed by atoms with E-state index in [-0.39, 0.29) is 10.7 Å². The summed E-state index contributed by atoms with van der Waals surface area (Å²) in [7, 11) is 0. The fourth-order valence-corrected chi connectivity index (χ4v) is 4.35. The van der Waals surface area contributed by atoms with Crippen LogP contribution in [0.5, 0.6) is 0 Å². The lowest BCUT2D eigenvalue weighted by molar-refractivity contribution is 0.0951. The van der Waals surface area contributed by atoms with E-state index in [9.17, 15) is 4.79 Å². The number of nitrogens with one attached hydrogen (secondary N) is 1. The Morgan fingerprint density at radius 1 is 1.43 bits per heavy atom. The first-order valence-electron chi connectivity index (χ1n) is 7.31. The van der Waals surface area contributed by atoms with Crippen LogP contribution in [0, 0.1) is 11.8 Å². The van der Waals surface area contributed by atoms with Crippen molar-refractivity contribution in [2.24, 2.45) is 5.73 Å². The van der Waals surface area contributed by atoms with Crippen LogP contribution in [0.2, 0.25) is 0 Å². The zero-order chi connectivity index (χ0) is 15.1. The first kappa shape index (κ1) is 16.4. The second kappa shape index (κ2) is 7.88. The minimum atomic E-state index is 0.0137. The SMILES string of the molecule is CSC1(CNC(=O)c2ccc(C#CCN)s2)CCCCC1. The van der Waals surface area contributed by atoms with Gasteiger partial charge in [0, 0.05) is 11.3 Å². The highest BCUT2D eigenvalue weighted by Crippen LogP contribution is 2.38. The molecule has 3 N–H and O–H groups in total. The van der Waals surface area contributed by atoms with Crippen molar-refractivity contribution < 1.29 is 4.79 Å². The highest BCUT2D eigenvalue weighted by molar-refractivity contribution is 8.00. The van der Waals surface area contributed by atoms with E-state index >= 15 is 0 Å². The maximum absolute atomic E-state index is 12.2. The van der Waals surface area contributed by atoms with Gasteiger partial charge in [0.25, 0.3) is 5.91 Å². The van der Waals surface area contributed by atoms with E-state index in [0.717, 1.165) is 16.3 Å². The summed E-state index contributed by atoms with van der Waals surface area (Å²) < 4.78 is 0.230. The Labute approximate surface area is 135 Å². The van der Waals surface area contributed by atoms with Gasteiger partial charge in [-0.3, -0.25) is 4.79 Å². The van der Waals surface area contributed by atoms with Gasteiger partial charge in [-0.05, 0) is 31.2 Å². The highest BCUT2D eigenvalue weighted by atomic mass is 32.2. The molecule has 0 unspecified atom stereocenters. The van der Waals surface area contributed by atoms with E-state index in [0.29, 0.717) is 6.54 Å². The van der Waals surface area contributed by atoms with E-state index in [1.165, 1.54) is 43.4 Å². The number of carbonyl (C=O) groups is 1. The topological polar surface area (TPSA) is 55.1 Å². The lowest BCUT2D eigenvalue weighted by Crippen LogP contribution is -2.41. The number of carbonyl (C=O) groups excluding carboxylic acids is 1. The van der Waals surface area contributed by atoms with E-state index in [1.54, 1.807) is 0 Å². The normalized spacial score (nSPS) is 16.9. The third-order valence-corrected chi connectivity index (χ3v) is 6.33. The van der Waals surface area contributed by atoms with Crippen LogP contribution in [-0.2, 0) is 0 Å². The Kier molecular flexibility index (Phi) is 6.16. The van der Waals surface area contributed by atoms with Crippen LogP contribution < -0.4 is 11.1 Å². The van der Waals surface area contributed by atoms with Crippen molar-refractivity contribution in [3.05, 3.63) is 21.9 Å². The molecule has 1 saturated carbocycles. The molecular formula is C16H22N2OS2. The van der Waals surface area contributed by atoms with Gasteiger partial charge in [-0.1, -0.05) is 31.1 Å². The fourth-order valence-electron chi connectivity index (χ4n) is 2.64. The standard InChI is InChI=1S/C16H22N2OS2/c1-20-16(9-3-2-4-10-16)12-18-15(19)14-8-7-13(21-14)6-5-11-17/h7-8H,2-4,9-12,17H2,1H3,(H,18,19). The molecule has 5 heteroatoms. The van der Waals surface area contributed by atoms with Crippen molar-refractivity contribution in [2.45, 2.75) is 36.9 Å². The molecule has 2 rings (SSSR count). The van der Waals surface area contributed by atoms with E-state index in [2.05, 4.69) is 23.4 Å². The lowest BCUT2D eigenvalue weighted by Gasteiger charge is -2.35. The zero-order valence-corrected chi connectivity index (χ0v) is 14.0. The van der Waals surface area contributed by atoms with Gasteiger partial charge < -0.3 is 11.1 Å². The average molecular weight is 322 g/mol. The Hall–Kier alpha value is -0.960. The summed E-state index contributed by atoms with van der Waals surface area (Å²) in [6, 6.07) is 3.72. The van der Waals surface area contributed by atoms with Crippen LogP contribution in [0.15, 0.2) is 12.1 Å². The molecule has 0 bridgehead atoms. The van der Waals surface area contributed by atoms with Crippen LogP contribution in [-0.4, -0.2) is 30.0 Å². The summed E-state index contributed by atoms with van der Waals surface area (Å²) in [5.74, 6) is 5.79. The molecule has 0 aliphatic heterocycles. The molecule has 1 aliphatic rings. The van der Waals surface area contributed by atoms with Gasteiger partial charge >= 0.3 is 0 Å². The average Bonchev–Trinajstić information content (AvgIpc) is 3.00. The molecule has 0 aromatic carbocycles. The largest absolute Gasteiger partial charge is 0.350 e. The molecule has 1 aliphatic carbocycles. The predicted molar refractivity (Wildman–Crippen MR) is 91.9 cm³/mol. The van der Waals surface area contributed by atoms with Crippen molar-refractivity contribution >= 4 is 29.0 Å². The second-order valence-corrected chi connectivity index (χ2v) is 7.66. The number of thiophene rings is 1. The molecule has 0 saturated heterocycles. The second-order valence-electron chi connectivity index (χ2n) is 5.30. The molecule has 21 heavy (non-hydrogen) atoms. The minimum absolute atomic E-state index is 0.0137.